The van der Waals surface area contributed by atoms with Crippen LogP contribution >= 0.6 is 0 Å². The molecule has 4 aromatic rings. The minimum absolute atomic E-state index is 0. The van der Waals surface area contributed by atoms with Crippen LogP contribution in [0.1, 0.15) is 69.2 Å². The molecule has 0 amide bonds. The van der Waals surface area contributed by atoms with Crippen LogP contribution in [0.25, 0.3) is 0 Å². The number of allylic oxidation sites excluding steroid dienone is 8. The van der Waals surface area contributed by atoms with Crippen molar-refractivity contribution in [3.05, 3.63) is 162 Å². The molecule has 357 valence electrons. The summed E-state index contributed by atoms with van der Waals surface area (Å²) in [4.78, 5) is 0. The number of benzene rings is 4. The summed E-state index contributed by atoms with van der Waals surface area (Å²) in [6.45, 7) is 21.8. The third-order valence-corrected chi connectivity index (χ3v) is 11.8. The largest absolute Gasteiger partial charge is 3.00 e. The van der Waals surface area contributed by atoms with Gasteiger partial charge in [-0.05, 0) is 0 Å². The number of halogens is 20. The van der Waals surface area contributed by atoms with E-state index < -0.39 is 144 Å². The van der Waals surface area contributed by atoms with E-state index in [1.807, 2.05) is 0 Å². The Hall–Kier alpha value is -4.17. The van der Waals surface area contributed by atoms with Gasteiger partial charge < -0.3 is 0 Å². The first kappa shape index (κ1) is 56.2. The van der Waals surface area contributed by atoms with Gasteiger partial charge in [0.15, 0.2) is 69.8 Å². The second kappa shape index (κ2) is 19.4. The second-order valence-corrected chi connectivity index (χ2v) is 16.1. The van der Waals surface area contributed by atoms with E-state index >= 15 is 35.1 Å². The van der Waals surface area contributed by atoms with Crippen LogP contribution < -0.4 is 21.9 Å². The van der Waals surface area contributed by atoms with Crippen molar-refractivity contribution >= 4 is 28.0 Å². The van der Waals surface area contributed by atoms with E-state index in [9.17, 15) is 52.7 Å². The number of hydrogen-bond donors (Lipinski definition) is 0. The van der Waals surface area contributed by atoms with Crippen molar-refractivity contribution in [3.63, 3.8) is 0 Å². The molecule has 0 saturated carbocycles. The van der Waals surface area contributed by atoms with Gasteiger partial charge in [0.1, 0.15) is 52.7 Å². The van der Waals surface area contributed by atoms with E-state index in [0.717, 1.165) is 0 Å². The molecule has 0 saturated heterocycles. The molecule has 0 fully saturated rings. The summed E-state index contributed by atoms with van der Waals surface area (Å²) in [7, 11) is 0. The van der Waals surface area contributed by atoms with Crippen LogP contribution in [-0.4, -0.2) is 6.15 Å². The maximum atomic E-state index is 15.4. The average Bonchev–Trinajstić information content (AvgIpc) is 3.54. The number of hydrogen-bond acceptors (Lipinski definition) is 0. The molecule has 4 aromatic carbocycles. The minimum atomic E-state index is -7.22. The Bertz CT molecular complexity index is 2390. The molecule has 0 aliphatic heterocycles. The molecule has 0 atom stereocenters. The molecule has 0 N–H and O–H groups in total. The van der Waals surface area contributed by atoms with E-state index in [1.165, 1.54) is 33.4 Å². The van der Waals surface area contributed by atoms with Gasteiger partial charge in [0.05, 0.1) is 0 Å². The fourth-order valence-electron chi connectivity index (χ4n) is 7.69. The molecule has 6 rings (SSSR count). The molecule has 22 heteroatoms. The van der Waals surface area contributed by atoms with Gasteiger partial charge in [0.2, 0.25) is 0 Å². The van der Waals surface area contributed by atoms with Gasteiger partial charge >= 0.3 is 39.9 Å². The van der Waals surface area contributed by atoms with E-state index in [0.29, 0.717) is 0 Å². The third-order valence-electron chi connectivity index (χ3n) is 11.8. The predicted molar refractivity (Wildman–Crippen MR) is 198 cm³/mol. The SMILES string of the molecule is CC1=[C-]C(C)(C)C(C)=C1C.CC1=[C-]C(C)(C)C(C)=C1C.Fc1c(F)c(F)c([B-](c2c(F)c(F)c(F)c(F)c2F)(c2c(F)c(F)c(F)c(F)c2F)c2c(F)c(F)c(F)c(F)c2F)c(F)c1F.[Gd+3]. The Morgan fingerprint density at radius 2 is 0.409 bits per heavy atom. The monoisotopic (exact) mass is 1110 g/mol. The first-order valence-electron chi connectivity index (χ1n) is 18.4. The maximum absolute atomic E-state index is 15.4. The molecule has 0 bridgehead atoms. The van der Waals surface area contributed by atoms with Crippen LogP contribution in [0.3, 0.4) is 0 Å². The smallest absolute Gasteiger partial charge is 0.263 e. The molecule has 2 aliphatic rings. The minimum Gasteiger partial charge on any atom is -0.263 e. The van der Waals surface area contributed by atoms with Crippen LogP contribution in [0, 0.1) is 179 Å². The molecule has 2 aliphatic carbocycles. The molecule has 0 spiro atoms. The van der Waals surface area contributed by atoms with Crippen molar-refractivity contribution in [1.82, 2.24) is 0 Å². The molecule has 0 heterocycles. The molecular formula is C44H30BF20Gd. The van der Waals surface area contributed by atoms with Crippen LogP contribution in [0.15, 0.2) is 33.4 Å². The van der Waals surface area contributed by atoms with Crippen molar-refractivity contribution in [3.8, 4) is 0 Å². The van der Waals surface area contributed by atoms with Gasteiger partial charge in [-0.3, -0.25) is 12.2 Å². The van der Waals surface area contributed by atoms with Crippen LogP contribution in [0.4, 0.5) is 87.8 Å². The third kappa shape index (κ3) is 8.75. The van der Waals surface area contributed by atoms with Crippen LogP contribution in [0.5, 0.6) is 0 Å². The Morgan fingerprint density at radius 3 is 0.500 bits per heavy atom. The molecule has 0 unspecified atom stereocenters. The maximum Gasteiger partial charge on any atom is 3.00 e. The zero-order valence-electron chi connectivity index (χ0n) is 35.5. The Balaban J connectivity index is 0.000000449. The fourth-order valence-corrected chi connectivity index (χ4v) is 7.69. The normalized spacial score (nSPS) is 15.3. The van der Waals surface area contributed by atoms with Crippen molar-refractivity contribution in [1.29, 1.82) is 0 Å². The molecule has 1 radical (unpaired) electrons. The summed E-state index contributed by atoms with van der Waals surface area (Å²) in [6.07, 6.45) is -0.347. The van der Waals surface area contributed by atoms with Crippen molar-refractivity contribution in [2.75, 3.05) is 0 Å². The summed E-state index contributed by atoms with van der Waals surface area (Å²) in [5.41, 5.74) is -5.54. The Kier molecular flexibility index (Phi) is 16.5. The van der Waals surface area contributed by atoms with Gasteiger partial charge in [-0.25, -0.2) is 99.0 Å². The molecule has 0 aromatic heterocycles. The topological polar surface area (TPSA) is 0 Å². The van der Waals surface area contributed by atoms with E-state index in [2.05, 4.69) is 81.4 Å². The first-order chi connectivity index (χ1) is 29.6. The Morgan fingerprint density at radius 1 is 0.273 bits per heavy atom. The predicted octanol–water partition coefficient (Wildman–Crippen LogP) is 12.1. The van der Waals surface area contributed by atoms with E-state index in [4.69, 9.17) is 0 Å². The van der Waals surface area contributed by atoms with Gasteiger partial charge in [-0.15, -0.1) is 35.7 Å². The second-order valence-electron chi connectivity index (χ2n) is 16.1. The quantitative estimate of drug-likeness (QED) is 0.0628. The zero-order valence-corrected chi connectivity index (χ0v) is 37.8. The van der Waals surface area contributed by atoms with Gasteiger partial charge in [0.25, 0.3) is 0 Å². The summed E-state index contributed by atoms with van der Waals surface area (Å²) < 4.78 is 294. The van der Waals surface area contributed by atoms with Gasteiger partial charge in [-0.2, -0.15) is 22.3 Å². The fraction of sp³-hybridized carbons (Fsp3) is 0.273. The standard InChI is InChI=1S/C24BF20.2C10H15.Gd/c26-5-1(6(27)14(35)21(42)13(5)34)25(2-7(28)15(36)22(43)16(37)8(2)29,3-9(30)17(38)23(44)18(39)10(3)31)4-11(32)19(40)24(45)20(41)12(4)33;2*1-7-6-10(4,5)9(3)8(7)2;/h;2*1-5H3;/q3*-1;+3. The summed E-state index contributed by atoms with van der Waals surface area (Å²) in [5, 5.41) is 0. The summed E-state index contributed by atoms with van der Waals surface area (Å²) in [5.74, 6) is -71.4. The van der Waals surface area contributed by atoms with Crippen LogP contribution in [0.2, 0.25) is 0 Å². The zero-order chi connectivity index (χ0) is 50.2. The molecular weight excluding hydrogens is 1080 g/mol. The van der Waals surface area contributed by atoms with E-state index in [-0.39, 0.29) is 50.8 Å². The molecule has 66 heavy (non-hydrogen) atoms. The average molecular weight is 1110 g/mol. The van der Waals surface area contributed by atoms with Crippen LogP contribution in [-0.2, 0) is 0 Å². The van der Waals surface area contributed by atoms with Crippen molar-refractivity contribution < 1.29 is 128 Å². The van der Waals surface area contributed by atoms with Crippen molar-refractivity contribution in [2.45, 2.75) is 69.2 Å². The number of rotatable bonds is 4. The summed E-state index contributed by atoms with van der Waals surface area (Å²) in [6, 6.07) is 0. The summed E-state index contributed by atoms with van der Waals surface area (Å²) >= 11 is 0. The Labute approximate surface area is 395 Å². The first-order valence-corrected chi connectivity index (χ1v) is 18.4. The van der Waals surface area contributed by atoms with E-state index in [1.54, 1.807) is 0 Å². The van der Waals surface area contributed by atoms with Gasteiger partial charge in [-0.1, -0.05) is 66.2 Å². The van der Waals surface area contributed by atoms with Gasteiger partial charge in [0, 0.05) is 0 Å². The molecule has 0 nitrogen and oxygen atoms in total. The van der Waals surface area contributed by atoms with Crippen molar-refractivity contribution in [2.24, 2.45) is 10.8 Å².